The molecule has 5 heteroatoms. The first-order valence-electron chi connectivity index (χ1n) is 8.47. The van der Waals surface area contributed by atoms with Gasteiger partial charge in [-0.2, -0.15) is 5.10 Å². The minimum atomic E-state index is -0.679. The molecule has 0 radical (unpaired) electrons. The van der Waals surface area contributed by atoms with Crippen LogP contribution >= 0.6 is 0 Å². The lowest BCUT2D eigenvalue weighted by Crippen LogP contribution is -2.48. The minimum Gasteiger partial charge on any atom is -0.485 e. The second-order valence-corrected chi connectivity index (χ2v) is 7.34. The minimum absolute atomic E-state index is 0.193. The van der Waals surface area contributed by atoms with E-state index < -0.39 is 6.10 Å². The summed E-state index contributed by atoms with van der Waals surface area (Å²) in [6.45, 7) is 4.82. The standard InChI is InChI=1S/C19H22N2O3/c1-19(2)13-8-7-12(14(19)9-13)10-20-21-18(22)17-11-23-15-5-3-4-6-16(15)24-17/h3-7,10,13-14,17H,8-9,11H2,1-2H3,(H,21,22)/b20-10-/t13-,14+,17+/m0/s1. The van der Waals surface area contributed by atoms with Crippen LogP contribution in [0.3, 0.4) is 0 Å². The van der Waals surface area contributed by atoms with E-state index in [-0.39, 0.29) is 12.5 Å². The number of amides is 1. The van der Waals surface area contributed by atoms with Crippen molar-refractivity contribution in [2.45, 2.75) is 32.8 Å². The fourth-order valence-corrected chi connectivity index (χ4v) is 3.94. The third kappa shape index (κ3) is 2.48. The van der Waals surface area contributed by atoms with Gasteiger partial charge in [0.05, 0.1) is 6.21 Å². The molecule has 2 bridgehead atoms. The highest BCUT2D eigenvalue weighted by atomic mass is 16.6. The molecule has 4 aliphatic rings. The monoisotopic (exact) mass is 326 g/mol. The highest BCUT2D eigenvalue weighted by molar-refractivity contribution is 5.85. The highest BCUT2D eigenvalue weighted by Gasteiger charge is 2.50. The Balaban J connectivity index is 1.35. The number of fused-ring (bicyclic) bond motifs is 2. The number of hydrazone groups is 1. The van der Waals surface area contributed by atoms with Gasteiger partial charge in [-0.25, -0.2) is 5.43 Å². The highest BCUT2D eigenvalue weighted by Crippen LogP contribution is 2.58. The average molecular weight is 326 g/mol. The normalized spacial score (nSPS) is 29.6. The first-order valence-corrected chi connectivity index (χ1v) is 8.47. The molecular formula is C19H22N2O3. The molecule has 5 rings (SSSR count). The number of hydrogen-bond acceptors (Lipinski definition) is 4. The molecule has 3 atom stereocenters. The lowest BCUT2D eigenvalue weighted by atomic mass is 9.49. The van der Waals surface area contributed by atoms with Gasteiger partial charge in [0.1, 0.15) is 6.61 Å². The van der Waals surface area contributed by atoms with Crippen molar-refractivity contribution in [3.8, 4) is 11.5 Å². The van der Waals surface area contributed by atoms with Gasteiger partial charge in [-0.15, -0.1) is 0 Å². The SMILES string of the molecule is CC1(C)[C@H]2CC=C(/C=N\NC(=O)[C@H]3COc4ccccc4O3)[C@H]1C2. The van der Waals surface area contributed by atoms with E-state index in [1.54, 1.807) is 12.3 Å². The van der Waals surface area contributed by atoms with Gasteiger partial charge in [-0.3, -0.25) is 4.79 Å². The summed E-state index contributed by atoms with van der Waals surface area (Å²) in [5.41, 5.74) is 4.16. The van der Waals surface area contributed by atoms with Crippen LogP contribution in [0.1, 0.15) is 26.7 Å². The first-order chi connectivity index (χ1) is 11.6. The number of allylic oxidation sites excluding steroid dienone is 2. The molecule has 0 spiro atoms. The van der Waals surface area contributed by atoms with Crippen molar-refractivity contribution < 1.29 is 14.3 Å². The van der Waals surface area contributed by atoms with E-state index in [2.05, 4.69) is 30.5 Å². The molecule has 1 saturated carbocycles. The molecule has 126 valence electrons. The van der Waals surface area contributed by atoms with Crippen LogP contribution in [-0.2, 0) is 4.79 Å². The smallest absolute Gasteiger partial charge is 0.284 e. The molecule has 0 aromatic heterocycles. The number of carbonyl (C=O) groups is 1. The van der Waals surface area contributed by atoms with Crippen molar-refractivity contribution in [3.05, 3.63) is 35.9 Å². The molecule has 1 aromatic rings. The van der Waals surface area contributed by atoms with Gasteiger partial charge >= 0.3 is 0 Å². The third-order valence-electron chi connectivity index (χ3n) is 5.70. The summed E-state index contributed by atoms with van der Waals surface area (Å²) in [5.74, 6) is 2.31. The summed E-state index contributed by atoms with van der Waals surface area (Å²) < 4.78 is 11.2. The third-order valence-corrected chi connectivity index (χ3v) is 5.70. The summed E-state index contributed by atoms with van der Waals surface area (Å²) in [5, 5.41) is 4.14. The fourth-order valence-electron chi connectivity index (χ4n) is 3.94. The fraction of sp³-hybridized carbons (Fsp3) is 0.474. The summed E-state index contributed by atoms with van der Waals surface area (Å²) in [6.07, 6.45) is 5.69. The predicted octanol–water partition coefficient (Wildman–Crippen LogP) is 2.92. The zero-order chi connectivity index (χ0) is 16.7. The Labute approximate surface area is 141 Å². The number of para-hydroxylation sites is 2. The van der Waals surface area contributed by atoms with Crippen molar-refractivity contribution in [1.82, 2.24) is 5.43 Å². The van der Waals surface area contributed by atoms with Crippen molar-refractivity contribution in [2.75, 3.05) is 6.61 Å². The van der Waals surface area contributed by atoms with Crippen LogP contribution in [-0.4, -0.2) is 24.8 Å². The molecule has 0 saturated heterocycles. The van der Waals surface area contributed by atoms with E-state index >= 15 is 0 Å². The average Bonchev–Trinajstić information content (AvgIpc) is 2.61. The first kappa shape index (κ1) is 15.2. The quantitative estimate of drug-likeness (QED) is 0.686. The maximum Gasteiger partial charge on any atom is 0.284 e. The zero-order valence-electron chi connectivity index (χ0n) is 14.0. The summed E-state index contributed by atoms with van der Waals surface area (Å²) >= 11 is 0. The number of rotatable bonds is 3. The molecule has 24 heavy (non-hydrogen) atoms. The van der Waals surface area contributed by atoms with Crippen molar-refractivity contribution in [3.63, 3.8) is 0 Å². The summed E-state index contributed by atoms with van der Waals surface area (Å²) in [7, 11) is 0. The Kier molecular flexibility index (Phi) is 3.59. The number of carbonyl (C=O) groups excluding carboxylic acids is 1. The van der Waals surface area contributed by atoms with E-state index in [0.29, 0.717) is 22.8 Å². The number of ether oxygens (including phenoxy) is 2. The van der Waals surface area contributed by atoms with Crippen LogP contribution in [0, 0.1) is 17.3 Å². The summed E-state index contributed by atoms with van der Waals surface area (Å²) in [6, 6.07) is 7.34. The van der Waals surface area contributed by atoms with Gasteiger partial charge in [0, 0.05) is 0 Å². The molecule has 5 nitrogen and oxygen atoms in total. The second kappa shape index (κ2) is 5.65. The van der Waals surface area contributed by atoms with Gasteiger partial charge in [0.25, 0.3) is 5.91 Å². The largest absolute Gasteiger partial charge is 0.485 e. The second-order valence-electron chi connectivity index (χ2n) is 7.34. The van der Waals surface area contributed by atoms with E-state index in [1.807, 2.05) is 18.2 Å². The molecule has 1 amide bonds. The predicted molar refractivity (Wildman–Crippen MR) is 91.1 cm³/mol. The lowest BCUT2D eigenvalue weighted by Gasteiger charge is -2.55. The number of hydrogen-bond donors (Lipinski definition) is 1. The van der Waals surface area contributed by atoms with Gasteiger partial charge < -0.3 is 9.47 Å². The van der Waals surface area contributed by atoms with Crippen molar-refractivity contribution in [2.24, 2.45) is 22.4 Å². The van der Waals surface area contributed by atoms with E-state index in [9.17, 15) is 4.79 Å². The molecule has 1 aromatic carbocycles. The molecule has 1 N–H and O–H groups in total. The molecule has 3 aliphatic carbocycles. The zero-order valence-corrected chi connectivity index (χ0v) is 14.0. The van der Waals surface area contributed by atoms with Crippen LogP contribution in [0.15, 0.2) is 41.0 Å². The lowest BCUT2D eigenvalue weighted by molar-refractivity contribution is -0.130. The molecule has 1 aliphatic heterocycles. The molecule has 1 fully saturated rings. The maximum atomic E-state index is 12.2. The van der Waals surface area contributed by atoms with Crippen LogP contribution < -0.4 is 14.9 Å². The Bertz CT molecular complexity index is 723. The Morgan fingerprint density at radius 1 is 1.33 bits per heavy atom. The molecule has 0 unspecified atom stereocenters. The Morgan fingerprint density at radius 2 is 2.12 bits per heavy atom. The van der Waals surface area contributed by atoms with Gasteiger partial charge in [-0.1, -0.05) is 32.1 Å². The van der Waals surface area contributed by atoms with Crippen LogP contribution in [0.25, 0.3) is 0 Å². The number of benzene rings is 1. The van der Waals surface area contributed by atoms with E-state index in [1.165, 1.54) is 12.0 Å². The van der Waals surface area contributed by atoms with Crippen molar-refractivity contribution >= 4 is 12.1 Å². The Morgan fingerprint density at radius 3 is 2.88 bits per heavy atom. The number of nitrogens with one attached hydrogen (secondary N) is 1. The van der Waals surface area contributed by atoms with Gasteiger partial charge in [0.2, 0.25) is 6.10 Å². The molecular weight excluding hydrogens is 304 g/mol. The van der Waals surface area contributed by atoms with Crippen LogP contribution in [0.5, 0.6) is 11.5 Å². The Hall–Kier alpha value is -2.30. The van der Waals surface area contributed by atoms with Crippen LogP contribution in [0.2, 0.25) is 0 Å². The van der Waals surface area contributed by atoms with E-state index in [0.717, 1.165) is 12.3 Å². The van der Waals surface area contributed by atoms with Crippen LogP contribution in [0.4, 0.5) is 0 Å². The van der Waals surface area contributed by atoms with Gasteiger partial charge in [-0.05, 0) is 47.8 Å². The van der Waals surface area contributed by atoms with Crippen molar-refractivity contribution in [1.29, 1.82) is 0 Å². The maximum absolute atomic E-state index is 12.2. The van der Waals surface area contributed by atoms with Gasteiger partial charge in [0.15, 0.2) is 11.5 Å². The molecule has 1 heterocycles. The number of nitrogens with zero attached hydrogens (tertiary/aromatic N) is 1. The van der Waals surface area contributed by atoms with E-state index in [4.69, 9.17) is 9.47 Å². The topological polar surface area (TPSA) is 59.9 Å². The summed E-state index contributed by atoms with van der Waals surface area (Å²) in [4.78, 5) is 12.2.